The quantitative estimate of drug-likeness (QED) is 0.864. The zero-order valence-electron chi connectivity index (χ0n) is 14.5. The highest BCUT2D eigenvalue weighted by Crippen LogP contribution is 2.21. The fourth-order valence-electron chi connectivity index (χ4n) is 2.31. The number of pyridine rings is 1. The van der Waals surface area contributed by atoms with Gasteiger partial charge in [-0.15, -0.1) is 0 Å². The van der Waals surface area contributed by atoms with Gasteiger partial charge in [0.1, 0.15) is 0 Å². The molecule has 1 fully saturated rings. The second-order valence-corrected chi connectivity index (χ2v) is 7.74. The standard InChI is InChI=1S/C16H25BN2O4/c1-15(2,3)19(14(20)21)9-13-7-6-12(8-18-13)17-22-10-16(4,5)11-23-17/h6-8H,9-11H2,1-5H3,(H,20,21). The van der Waals surface area contributed by atoms with Gasteiger partial charge >= 0.3 is 13.2 Å². The Balaban J connectivity index is 2.04. The Bertz CT molecular complexity index is 544. The minimum absolute atomic E-state index is 0.0264. The molecule has 1 aliphatic heterocycles. The van der Waals surface area contributed by atoms with Crippen molar-refractivity contribution in [3.8, 4) is 0 Å². The molecule has 2 rings (SSSR count). The lowest BCUT2D eigenvalue weighted by Gasteiger charge is -2.33. The molecule has 7 heteroatoms. The van der Waals surface area contributed by atoms with Crippen molar-refractivity contribution in [1.29, 1.82) is 0 Å². The summed E-state index contributed by atoms with van der Waals surface area (Å²) in [6.45, 7) is 11.3. The Hall–Kier alpha value is -1.60. The van der Waals surface area contributed by atoms with E-state index in [0.29, 0.717) is 18.9 Å². The third kappa shape index (κ3) is 4.69. The molecule has 0 spiro atoms. The van der Waals surface area contributed by atoms with E-state index in [-0.39, 0.29) is 12.0 Å². The minimum atomic E-state index is -0.954. The molecule has 1 aliphatic rings. The number of hydrogen-bond donors (Lipinski definition) is 1. The molecule has 23 heavy (non-hydrogen) atoms. The van der Waals surface area contributed by atoms with Crippen molar-refractivity contribution >= 4 is 18.7 Å². The number of carbonyl (C=O) groups is 1. The van der Waals surface area contributed by atoms with Crippen molar-refractivity contribution in [2.45, 2.75) is 46.7 Å². The number of aromatic nitrogens is 1. The SMILES string of the molecule is CC1(C)COB(c2ccc(CN(C(=O)O)C(C)(C)C)nc2)OC1. The van der Waals surface area contributed by atoms with E-state index >= 15 is 0 Å². The summed E-state index contributed by atoms with van der Waals surface area (Å²) >= 11 is 0. The Morgan fingerprint density at radius 3 is 2.39 bits per heavy atom. The predicted octanol–water partition coefficient (Wildman–Crippen LogP) is 2.13. The topological polar surface area (TPSA) is 71.9 Å². The van der Waals surface area contributed by atoms with Crippen molar-refractivity contribution in [2.75, 3.05) is 13.2 Å². The Morgan fingerprint density at radius 2 is 1.96 bits per heavy atom. The lowest BCUT2D eigenvalue weighted by molar-refractivity contribution is 0.0343. The average molecular weight is 320 g/mol. The van der Waals surface area contributed by atoms with Crippen molar-refractivity contribution in [1.82, 2.24) is 9.88 Å². The van der Waals surface area contributed by atoms with Gasteiger partial charge in [-0.25, -0.2) is 4.79 Å². The molecule has 1 aromatic rings. The van der Waals surface area contributed by atoms with Gasteiger partial charge in [-0.05, 0) is 26.8 Å². The third-order valence-electron chi connectivity index (χ3n) is 3.73. The molecule has 126 valence electrons. The molecule has 0 bridgehead atoms. The molecule has 0 saturated carbocycles. The summed E-state index contributed by atoms with van der Waals surface area (Å²) in [5.74, 6) is 0. The fourth-order valence-corrected chi connectivity index (χ4v) is 2.31. The molecular formula is C16H25BN2O4. The number of amides is 1. The Morgan fingerprint density at radius 1 is 1.35 bits per heavy atom. The van der Waals surface area contributed by atoms with Gasteiger partial charge in [0.05, 0.1) is 12.2 Å². The number of rotatable bonds is 3. The van der Waals surface area contributed by atoms with Gasteiger partial charge in [0.15, 0.2) is 0 Å². The van der Waals surface area contributed by atoms with Gasteiger partial charge in [0.2, 0.25) is 0 Å². The first kappa shape index (κ1) is 17.8. The lowest BCUT2D eigenvalue weighted by Crippen LogP contribution is -2.47. The number of carboxylic acid groups (broad SMARTS) is 1. The van der Waals surface area contributed by atoms with Gasteiger partial charge in [-0.1, -0.05) is 19.9 Å². The van der Waals surface area contributed by atoms with Crippen molar-refractivity contribution in [3.63, 3.8) is 0 Å². The highest BCUT2D eigenvalue weighted by Gasteiger charge is 2.33. The van der Waals surface area contributed by atoms with Crippen LogP contribution >= 0.6 is 0 Å². The fraction of sp³-hybridized carbons (Fsp3) is 0.625. The van der Waals surface area contributed by atoms with Gasteiger partial charge in [-0.3, -0.25) is 9.88 Å². The number of hydrogen-bond acceptors (Lipinski definition) is 4. The van der Waals surface area contributed by atoms with Crippen molar-refractivity contribution < 1.29 is 19.2 Å². The maximum absolute atomic E-state index is 11.4. The highest BCUT2D eigenvalue weighted by molar-refractivity contribution is 6.61. The molecule has 2 heterocycles. The van der Waals surface area contributed by atoms with Crippen molar-refractivity contribution in [3.05, 3.63) is 24.0 Å². The molecule has 1 amide bonds. The van der Waals surface area contributed by atoms with Gasteiger partial charge in [0, 0.05) is 35.8 Å². The van der Waals surface area contributed by atoms with E-state index in [9.17, 15) is 9.90 Å². The van der Waals surface area contributed by atoms with E-state index in [1.54, 1.807) is 6.20 Å². The molecule has 0 atom stereocenters. The first-order valence-electron chi connectivity index (χ1n) is 7.77. The normalized spacial score (nSPS) is 17.9. The lowest BCUT2D eigenvalue weighted by atomic mass is 9.77. The van der Waals surface area contributed by atoms with E-state index < -0.39 is 18.8 Å². The van der Waals surface area contributed by atoms with Crippen LogP contribution in [0.5, 0.6) is 0 Å². The van der Waals surface area contributed by atoms with Crippen LogP contribution < -0.4 is 5.46 Å². The van der Waals surface area contributed by atoms with E-state index in [1.807, 2.05) is 32.9 Å². The molecule has 6 nitrogen and oxygen atoms in total. The molecule has 0 aliphatic carbocycles. The largest absolute Gasteiger partial charge is 0.495 e. The van der Waals surface area contributed by atoms with Crippen LogP contribution in [-0.4, -0.2) is 47.0 Å². The first-order valence-corrected chi connectivity index (χ1v) is 7.77. The maximum atomic E-state index is 11.4. The van der Waals surface area contributed by atoms with Crippen LogP contribution in [0.3, 0.4) is 0 Å². The second kappa shape index (κ2) is 6.49. The van der Waals surface area contributed by atoms with Gasteiger partial charge in [-0.2, -0.15) is 0 Å². The van der Waals surface area contributed by atoms with Crippen LogP contribution in [0.4, 0.5) is 4.79 Å². The molecule has 0 aromatic carbocycles. The zero-order valence-corrected chi connectivity index (χ0v) is 14.5. The van der Waals surface area contributed by atoms with E-state index in [1.165, 1.54) is 4.90 Å². The van der Waals surface area contributed by atoms with E-state index in [0.717, 1.165) is 5.46 Å². The molecule has 1 saturated heterocycles. The van der Waals surface area contributed by atoms with Crippen LogP contribution in [0.1, 0.15) is 40.3 Å². The monoisotopic (exact) mass is 320 g/mol. The predicted molar refractivity (Wildman–Crippen MR) is 88.6 cm³/mol. The Labute approximate surface area is 137 Å². The Kier molecular flexibility index (Phi) is 5.01. The third-order valence-corrected chi connectivity index (χ3v) is 3.73. The number of nitrogens with zero attached hydrogens (tertiary/aromatic N) is 2. The van der Waals surface area contributed by atoms with Crippen LogP contribution in [0, 0.1) is 5.41 Å². The van der Waals surface area contributed by atoms with Crippen molar-refractivity contribution in [2.24, 2.45) is 5.41 Å². The van der Waals surface area contributed by atoms with Crippen LogP contribution in [0.2, 0.25) is 0 Å². The summed E-state index contributed by atoms with van der Waals surface area (Å²) in [6.07, 6.45) is 0.741. The molecule has 0 unspecified atom stereocenters. The van der Waals surface area contributed by atoms with Gasteiger partial charge < -0.3 is 14.4 Å². The molecular weight excluding hydrogens is 295 g/mol. The summed E-state index contributed by atoms with van der Waals surface area (Å²) in [7, 11) is -0.400. The average Bonchev–Trinajstić information content (AvgIpc) is 2.44. The summed E-state index contributed by atoms with van der Waals surface area (Å²) in [5, 5.41) is 9.34. The molecule has 0 radical (unpaired) electrons. The summed E-state index contributed by atoms with van der Waals surface area (Å²) in [6, 6.07) is 3.71. The van der Waals surface area contributed by atoms with Crippen LogP contribution in [0.15, 0.2) is 18.3 Å². The maximum Gasteiger partial charge on any atom is 0.495 e. The first-order chi connectivity index (χ1) is 10.6. The smallest absolute Gasteiger partial charge is 0.465 e. The van der Waals surface area contributed by atoms with Gasteiger partial charge in [0.25, 0.3) is 0 Å². The van der Waals surface area contributed by atoms with Crippen LogP contribution in [-0.2, 0) is 15.9 Å². The second-order valence-electron chi connectivity index (χ2n) is 7.74. The molecule has 1 aromatic heterocycles. The minimum Gasteiger partial charge on any atom is -0.465 e. The summed E-state index contributed by atoms with van der Waals surface area (Å²) < 4.78 is 11.5. The van der Waals surface area contributed by atoms with Crippen LogP contribution in [0.25, 0.3) is 0 Å². The van der Waals surface area contributed by atoms with E-state index in [4.69, 9.17) is 9.31 Å². The summed E-state index contributed by atoms with van der Waals surface area (Å²) in [5.41, 5.74) is 1.09. The van der Waals surface area contributed by atoms with E-state index in [2.05, 4.69) is 18.8 Å². The zero-order chi connectivity index (χ0) is 17.3. The highest BCUT2D eigenvalue weighted by atomic mass is 16.6. The molecule has 1 N–H and O–H groups in total. The summed E-state index contributed by atoms with van der Waals surface area (Å²) in [4.78, 5) is 17.1.